The fourth-order valence-corrected chi connectivity index (χ4v) is 6.79. The second-order valence-electron chi connectivity index (χ2n) is 7.57. The van der Waals surface area contributed by atoms with Gasteiger partial charge in [-0.05, 0) is 18.2 Å². The van der Waals surface area contributed by atoms with Crippen molar-refractivity contribution in [2.24, 2.45) is 0 Å². The number of hydrogen-bond acceptors (Lipinski definition) is 5. The third-order valence-electron chi connectivity index (χ3n) is 5.70. The van der Waals surface area contributed by atoms with Crippen LogP contribution in [0.3, 0.4) is 0 Å². The molecule has 2 aromatic carbocycles. The van der Waals surface area contributed by atoms with E-state index in [1.54, 1.807) is 30.3 Å². The van der Waals surface area contributed by atoms with Crippen molar-refractivity contribution >= 4 is 51.7 Å². The van der Waals surface area contributed by atoms with Gasteiger partial charge in [0.2, 0.25) is 11.6 Å². The van der Waals surface area contributed by atoms with E-state index < -0.39 is 28.2 Å². The number of nitrogens with zero attached hydrogens (tertiary/aromatic N) is 1. The molecule has 5 rings (SSSR count). The van der Waals surface area contributed by atoms with Gasteiger partial charge in [-0.2, -0.15) is 0 Å². The average Bonchev–Trinajstić information content (AvgIpc) is 2.77. The first-order valence-electron chi connectivity index (χ1n) is 9.64. The summed E-state index contributed by atoms with van der Waals surface area (Å²) in [5, 5.41) is 0.566. The smallest absolute Gasteiger partial charge is 0.243 e. The van der Waals surface area contributed by atoms with Crippen molar-refractivity contribution in [2.45, 2.75) is 23.3 Å². The van der Waals surface area contributed by atoms with Crippen molar-refractivity contribution < 1.29 is 18.5 Å². The van der Waals surface area contributed by atoms with Crippen LogP contribution >= 0.6 is 23.4 Å². The summed E-state index contributed by atoms with van der Waals surface area (Å²) in [7, 11) is -1.28. The molecule has 154 valence electrons. The Kier molecular flexibility index (Phi) is 5.09. The van der Waals surface area contributed by atoms with E-state index in [1.165, 1.54) is 11.8 Å². The monoisotopic (exact) mass is 459 g/mol. The van der Waals surface area contributed by atoms with E-state index in [4.69, 9.17) is 16.3 Å². The van der Waals surface area contributed by atoms with Gasteiger partial charge in [0.25, 0.3) is 0 Å². The minimum Gasteiger partial charge on any atom is -0.484 e. The van der Waals surface area contributed by atoms with E-state index in [9.17, 15) is 13.8 Å². The number of carbonyl (C=O) groups is 2. The summed E-state index contributed by atoms with van der Waals surface area (Å²) in [5.74, 6) is 0.173. The van der Waals surface area contributed by atoms with Crippen LogP contribution in [0.1, 0.15) is 28.8 Å². The van der Waals surface area contributed by atoms with Crippen LogP contribution in [0.5, 0.6) is 0 Å². The lowest BCUT2D eigenvalue weighted by atomic mass is 9.90. The van der Waals surface area contributed by atoms with Crippen molar-refractivity contribution in [3.8, 4) is 0 Å². The fraction of sp³-hybridized carbons (Fsp3) is 0.273. The number of allylic oxidation sites excluding steroid dienone is 1. The lowest BCUT2D eigenvalue weighted by Crippen LogP contribution is -2.49. The van der Waals surface area contributed by atoms with Crippen LogP contribution in [0, 0.1) is 0 Å². The summed E-state index contributed by atoms with van der Waals surface area (Å²) >= 11 is 7.45. The van der Waals surface area contributed by atoms with Gasteiger partial charge in [0, 0.05) is 47.8 Å². The van der Waals surface area contributed by atoms with Crippen LogP contribution in [-0.2, 0) is 20.5 Å². The molecular formula is C22H18ClNO4S2. The third-order valence-corrected chi connectivity index (χ3v) is 8.76. The van der Waals surface area contributed by atoms with E-state index in [1.807, 2.05) is 22.5 Å². The number of hydrogen-bond donors (Lipinski definition) is 0. The van der Waals surface area contributed by atoms with E-state index in [0.29, 0.717) is 63.4 Å². The van der Waals surface area contributed by atoms with Crippen LogP contribution < -0.4 is 0 Å². The molecule has 2 aliphatic heterocycles. The maximum atomic E-state index is 12.9. The quantitative estimate of drug-likeness (QED) is 0.633. The molecule has 0 N–H and O–H groups in total. The lowest BCUT2D eigenvalue weighted by molar-refractivity contribution is -0.111. The lowest BCUT2D eigenvalue weighted by Gasteiger charge is -2.45. The molecule has 1 saturated heterocycles. The van der Waals surface area contributed by atoms with Gasteiger partial charge in [0.15, 0.2) is 0 Å². The number of thioether (sulfide) groups is 1. The van der Waals surface area contributed by atoms with Gasteiger partial charge < -0.3 is 4.74 Å². The maximum absolute atomic E-state index is 12.9. The number of ketones is 2. The van der Waals surface area contributed by atoms with Crippen molar-refractivity contribution in [1.82, 2.24) is 4.31 Å². The first-order chi connectivity index (χ1) is 14.5. The number of rotatable bonds is 2. The molecule has 1 spiro atoms. The number of halogens is 1. The van der Waals surface area contributed by atoms with Crippen molar-refractivity contribution in [1.29, 1.82) is 0 Å². The molecule has 0 radical (unpaired) electrons. The number of ether oxygens (including phenoxy) is 1. The number of carbonyl (C=O) groups excluding carboxylic acids is 2. The van der Waals surface area contributed by atoms with E-state index in [-0.39, 0.29) is 0 Å². The molecule has 1 fully saturated rings. The first-order valence-corrected chi connectivity index (χ1v) is 12.1. The molecule has 0 aromatic heterocycles. The molecular weight excluding hydrogens is 442 g/mol. The normalized spacial score (nSPS) is 21.8. The Morgan fingerprint density at radius 2 is 1.73 bits per heavy atom. The SMILES string of the molecule is O=C1C(=O)c2ccccc2C2=C1SCC1(CCN(S(=O)c3cccc(Cl)c3)CC1)O2. The zero-order chi connectivity index (χ0) is 20.9. The van der Waals surface area contributed by atoms with Crippen LogP contribution in [-0.4, -0.2) is 44.5 Å². The van der Waals surface area contributed by atoms with Gasteiger partial charge in [0.1, 0.15) is 27.3 Å². The molecule has 0 bridgehead atoms. The highest BCUT2D eigenvalue weighted by Crippen LogP contribution is 2.47. The third kappa shape index (κ3) is 3.34. The Hall–Kier alpha value is -1.93. The highest BCUT2D eigenvalue weighted by Gasteiger charge is 2.46. The molecule has 2 heterocycles. The number of piperidine rings is 1. The van der Waals surface area contributed by atoms with Gasteiger partial charge in [-0.25, -0.2) is 8.51 Å². The number of benzene rings is 2. The molecule has 1 unspecified atom stereocenters. The summed E-state index contributed by atoms with van der Waals surface area (Å²) < 4.78 is 21.3. The molecule has 1 aliphatic carbocycles. The summed E-state index contributed by atoms with van der Waals surface area (Å²) in [6.45, 7) is 1.22. The molecule has 1 atom stereocenters. The highest BCUT2D eigenvalue weighted by molar-refractivity contribution is 8.04. The van der Waals surface area contributed by atoms with Crippen molar-refractivity contribution in [3.05, 3.63) is 69.6 Å². The van der Waals surface area contributed by atoms with Crippen LogP contribution in [0.15, 0.2) is 58.3 Å². The predicted octanol–water partition coefficient (Wildman–Crippen LogP) is 4.09. The summed E-state index contributed by atoms with van der Waals surface area (Å²) in [5.41, 5.74) is 0.652. The fourth-order valence-electron chi connectivity index (χ4n) is 4.04. The molecule has 5 nitrogen and oxygen atoms in total. The second kappa shape index (κ2) is 7.64. The Labute approximate surface area is 186 Å². The molecule has 2 aromatic rings. The number of fused-ring (bicyclic) bond motifs is 2. The van der Waals surface area contributed by atoms with Crippen LogP contribution in [0.4, 0.5) is 0 Å². The Morgan fingerprint density at radius 3 is 2.47 bits per heavy atom. The largest absolute Gasteiger partial charge is 0.484 e. The molecule has 30 heavy (non-hydrogen) atoms. The van der Waals surface area contributed by atoms with E-state index >= 15 is 0 Å². The van der Waals surface area contributed by atoms with Crippen molar-refractivity contribution in [3.63, 3.8) is 0 Å². The molecule has 8 heteroatoms. The van der Waals surface area contributed by atoms with E-state index in [0.717, 1.165) is 0 Å². The first kappa shape index (κ1) is 20.0. The van der Waals surface area contributed by atoms with Gasteiger partial charge in [-0.3, -0.25) is 9.59 Å². The van der Waals surface area contributed by atoms with Crippen molar-refractivity contribution in [2.75, 3.05) is 18.8 Å². The zero-order valence-electron chi connectivity index (χ0n) is 15.9. The van der Waals surface area contributed by atoms with Crippen LogP contribution in [0.25, 0.3) is 5.76 Å². The zero-order valence-corrected chi connectivity index (χ0v) is 18.3. The summed E-state index contributed by atoms with van der Waals surface area (Å²) in [4.78, 5) is 26.1. The second-order valence-corrected chi connectivity index (χ2v) is 10.5. The van der Waals surface area contributed by atoms with Crippen LogP contribution in [0.2, 0.25) is 5.02 Å². The maximum Gasteiger partial charge on any atom is 0.243 e. The number of Topliss-reactive ketones (excluding diaryl/α,β-unsaturated/α-hetero) is 2. The highest BCUT2D eigenvalue weighted by atomic mass is 35.5. The Morgan fingerprint density at radius 1 is 1.00 bits per heavy atom. The summed E-state index contributed by atoms with van der Waals surface area (Å²) in [6, 6.07) is 14.2. The Balaban J connectivity index is 1.37. The van der Waals surface area contributed by atoms with Gasteiger partial charge in [-0.1, -0.05) is 41.9 Å². The standard InChI is InChI=1S/C22H18ClNO4S2/c23-14-4-3-5-15(12-14)30(27)24-10-8-22(9-11-24)13-29-21-19(26)18(25)16-6-1-2-7-17(16)20(21)28-22/h1-7,12H,8-11,13H2. The van der Waals surface area contributed by atoms with E-state index in [2.05, 4.69) is 0 Å². The predicted molar refractivity (Wildman–Crippen MR) is 118 cm³/mol. The summed E-state index contributed by atoms with van der Waals surface area (Å²) in [6.07, 6.45) is 1.38. The molecule has 0 saturated carbocycles. The average molecular weight is 460 g/mol. The van der Waals surface area contributed by atoms with Gasteiger partial charge >= 0.3 is 0 Å². The minimum atomic E-state index is -1.28. The topological polar surface area (TPSA) is 63.7 Å². The molecule has 0 amide bonds. The minimum absolute atomic E-state index is 0.401. The van der Waals surface area contributed by atoms with Gasteiger partial charge in [0.05, 0.1) is 4.90 Å². The van der Waals surface area contributed by atoms with Gasteiger partial charge in [-0.15, -0.1) is 11.8 Å². The molecule has 3 aliphatic rings. The Bertz CT molecular complexity index is 1120.